The number of likely N-dealkylation sites (tertiary alicyclic amines) is 1. The van der Waals surface area contributed by atoms with Crippen molar-refractivity contribution in [3.8, 4) is 0 Å². The number of rotatable bonds is 8. The van der Waals surface area contributed by atoms with Gasteiger partial charge in [0.1, 0.15) is 5.82 Å². The van der Waals surface area contributed by atoms with Gasteiger partial charge in [0.25, 0.3) is 10.0 Å². The molecule has 0 spiro atoms. The van der Waals surface area contributed by atoms with Crippen LogP contribution in [0.15, 0.2) is 53.4 Å². The largest absolute Gasteiger partial charge is 0.353 e. The Morgan fingerprint density at radius 1 is 0.912 bits per heavy atom. The molecule has 184 valence electrons. The number of nitrogens with one attached hydrogen (secondary N) is 2. The Hall–Kier alpha value is -2.45. The lowest BCUT2D eigenvalue weighted by Crippen LogP contribution is -2.46. The SMILES string of the molecule is O=C(Cc1ccc(NS(=O)(=O)c2ccc(F)cc2)cc1)NC1CCN(CC2CCCCC2)CC1. The fourth-order valence-electron chi connectivity index (χ4n) is 4.98. The maximum Gasteiger partial charge on any atom is 0.261 e. The van der Waals surface area contributed by atoms with Crippen molar-refractivity contribution >= 4 is 21.6 Å². The summed E-state index contributed by atoms with van der Waals surface area (Å²) < 4.78 is 40.4. The molecule has 1 heterocycles. The molecular weight excluding hydrogens is 453 g/mol. The van der Waals surface area contributed by atoms with Crippen molar-refractivity contribution in [3.63, 3.8) is 0 Å². The number of halogens is 1. The highest BCUT2D eigenvalue weighted by Gasteiger charge is 2.23. The van der Waals surface area contributed by atoms with Gasteiger partial charge in [-0.2, -0.15) is 0 Å². The van der Waals surface area contributed by atoms with E-state index in [0.717, 1.165) is 49.5 Å². The van der Waals surface area contributed by atoms with Gasteiger partial charge in [0.15, 0.2) is 0 Å². The molecule has 0 unspecified atom stereocenters. The van der Waals surface area contributed by atoms with Gasteiger partial charge >= 0.3 is 0 Å². The number of carbonyl (C=O) groups excluding carboxylic acids is 1. The molecule has 2 aromatic carbocycles. The number of amides is 1. The van der Waals surface area contributed by atoms with Gasteiger partial charge in [-0.05, 0) is 73.6 Å². The summed E-state index contributed by atoms with van der Waals surface area (Å²) in [6, 6.07) is 11.6. The third kappa shape index (κ3) is 7.03. The highest BCUT2D eigenvalue weighted by Crippen LogP contribution is 2.25. The lowest BCUT2D eigenvalue weighted by Gasteiger charge is -2.35. The normalized spacial score (nSPS) is 18.5. The number of nitrogens with zero attached hydrogens (tertiary/aromatic N) is 1. The molecule has 1 saturated carbocycles. The number of hydrogen-bond donors (Lipinski definition) is 2. The topological polar surface area (TPSA) is 78.5 Å². The number of piperidine rings is 1. The van der Waals surface area contributed by atoms with E-state index in [4.69, 9.17) is 0 Å². The Bertz CT molecular complexity index is 1040. The van der Waals surface area contributed by atoms with Gasteiger partial charge in [-0.15, -0.1) is 0 Å². The molecule has 1 aliphatic heterocycles. The minimum absolute atomic E-state index is 0.00891. The molecule has 2 N–H and O–H groups in total. The van der Waals surface area contributed by atoms with Gasteiger partial charge in [0.2, 0.25) is 5.91 Å². The van der Waals surface area contributed by atoms with Crippen molar-refractivity contribution in [3.05, 3.63) is 59.9 Å². The van der Waals surface area contributed by atoms with Crippen LogP contribution < -0.4 is 10.0 Å². The van der Waals surface area contributed by atoms with Crippen LogP contribution in [0, 0.1) is 11.7 Å². The van der Waals surface area contributed by atoms with E-state index in [9.17, 15) is 17.6 Å². The van der Waals surface area contributed by atoms with Gasteiger partial charge in [-0.25, -0.2) is 12.8 Å². The molecule has 1 amide bonds. The Morgan fingerprint density at radius 3 is 2.21 bits per heavy atom. The summed E-state index contributed by atoms with van der Waals surface area (Å²) in [6.45, 7) is 3.30. The summed E-state index contributed by atoms with van der Waals surface area (Å²) in [5.41, 5.74) is 1.20. The lowest BCUT2D eigenvalue weighted by molar-refractivity contribution is -0.121. The van der Waals surface area contributed by atoms with Crippen molar-refractivity contribution in [2.45, 2.75) is 62.3 Å². The van der Waals surface area contributed by atoms with Crippen molar-refractivity contribution in [2.75, 3.05) is 24.4 Å². The predicted octanol–water partition coefficient (Wildman–Crippen LogP) is 4.33. The summed E-state index contributed by atoms with van der Waals surface area (Å²) in [4.78, 5) is 15.1. The standard InChI is InChI=1S/C26H34FN3O3S/c27-22-8-12-25(13-9-22)34(32,33)29-24-10-6-20(7-11-24)18-26(31)28-23-14-16-30(17-15-23)19-21-4-2-1-3-5-21/h6-13,21,23,29H,1-5,14-19H2,(H,28,31). The van der Waals surface area contributed by atoms with E-state index < -0.39 is 15.8 Å². The summed E-state index contributed by atoms with van der Waals surface area (Å²) in [6.07, 6.45) is 9.10. The zero-order valence-corrected chi connectivity index (χ0v) is 20.3. The molecular formula is C26H34FN3O3S. The molecule has 6 nitrogen and oxygen atoms in total. The first-order valence-corrected chi connectivity index (χ1v) is 13.7. The van der Waals surface area contributed by atoms with E-state index in [1.807, 2.05) is 0 Å². The first-order chi connectivity index (χ1) is 16.4. The van der Waals surface area contributed by atoms with Crippen LogP contribution >= 0.6 is 0 Å². The molecule has 1 saturated heterocycles. The number of anilines is 1. The van der Waals surface area contributed by atoms with E-state index >= 15 is 0 Å². The maximum absolute atomic E-state index is 13.1. The molecule has 0 bridgehead atoms. The van der Waals surface area contributed by atoms with Crippen molar-refractivity contribution < 1.29 is 17.6 Å². The van der Waals surface area contributed by atoms with Gasteiger partial charge in [-0.3, -0.25) is 9.52 Å². The average molecular weight is 488 g/mol. The molecule has 8 heteroatoms. The van der Waals surface area contributed by atoms with Crippen LogP contribution in [0.4, 0.5) is 10.1 Å². The van der Waals surface area contributed by atoms with E-state index in [1.54, 1.807) is 24.3 Å². The highest BCUT2D eigenvalue weighted by molar-refractivity contribution is 7.92. The van der Waals surface area contributed by atoms with E-state index in [1.165, 1.54) is 50.8 Å². The Labute approximate surface area is 202 Å². The summed E-state index contributed by atoms with van der Waals surface area (Å²) in [5.74, 6) is 0.347. The first kappa shape index (κ1) is 24.7. The predicted molar refractivity (Wildman–Crippen MR) is 132 cm³/mol. The number of carbonyl (C=O) groups is 1. The molecule has 2 aromatic rings. The average Bonchev–Trinajstić information content (AvgIpc) is 2.82. The molecule has 34 heavy (non-hydrogen) atoms. The minimum Gasteiger partial charge on any atom is -0.353 e. The van der Waals surface area contributed by atoms with Gasteiger partial charge in [0, 0.05) is 31.4 Å². The fourth-order valence-corrected chi connectivity index (χ4v) is 6.04. The van der Waals surface area contributed by atoms with Crippen LogP contribution in [0.2, 0.25) is 0 Å². The molecule has 2 fully saturated rings. The van der Waals surface area contributed by atoms with E-state index in [2.05, 4.69) is 14.9 Å². The molecule has 0 aromatic heterocycles. The van der Waals surface area contributed by atoms with Gasteiger partial charge < -0.3 is 10.2 Å². The summed E-state index contributed by atoms with van der Waals surface area (Å²) in [5, 5.41) is 3.16. The first-order valence-electron chi connectivity index (χ1n) is 12.3. The van der Waals surface area contributed by atoms with Crippen LogP contribution in [-0.4, -0.2) is 44.9 Å². The number of sulfonamides is 1. The third-order valence-electron chi connectivity index (χ3n) is 6.89. The van der Waals surface area contributed by atoms with Gasteiger partial charge in [0.05, 0.1) is 11.3 Å². The molecule has 1 aliphatic carbocycles. The second-order valence-electron chi connectivity index (χ2n) is 9.58. The monoisotopic (exact) mass is 487 g/mol. The van der Waals surface area contributed by atoms with Crippen LogP contribution in [0.5, 0.6) is 0 Å². The molecule has 0 radical (unpaired) electrons. The Kier molecular flexibility index (Phi) is 8.21. The lowest BCUT2D eigenvalue weighted by atomic mass is 9.88. The van der Waals surface area contributed by atoms with Crippen LogP contribution in [0.25, 0.3) is 0 Å². The van der Waals surface area contributed by atoms with E-state index in [0.29, 0.717) is 5.69 Å². The van der Waals surface area contributed by atoms with Crippen molar-refractivity contribution in [1.82, 2.24) is 10.2 Å². The van der Waals surface area contributed by atoms with Crippen LogP contribution in [0.1, 0.15) is 50.5 Å². The van der Waals surface area contributed by atoms with Crippen LogP contribution in [-0.2, 0) is 21.2 Å². The van der Waals surface area contributed by atoms with Crippen LogP contribution in [0.3, 0.4) is 0 Å². The zero-order valence-electron chi connectivity index (χ0n) is 19.5. The number of hydrogen-bond acceptors (Lipinski definition) is 4. The number of benzene rings is 2. The summed E-state index contributed by atoms with van der Waals surface area (Å²) in [7, 11) is -3.80. The van der Waals surface area contributed by atoms with Crippen molar-refractivity contribution in [1.29, 1.82) is 0 Å². The smallest absolute Gasteiger partial charge is 0.261 e. The highest BCUT2D eigenvalue weighted by atomic mass is 32.2. The Morgan fingerprint density at radius 2 is 1.56 bits per heavy atom. The molecule has 4 rings (SSSR count). The minimum atomic E-state index is -3.80. The zero-order chi connectivity index (χ0) is 24.0. The second-order valence-corrected chi connectivity index (χ2v) is 11.3. The summed E-state index contributed by atoms with van der Waals surface area (Å²) >= 11 is 0. The molecule has 0 atom stereocenters. The fraction of sp³-hybridized carbons (Fsp3) is 0.500. The third-order valence-corrected chi connectivity index (χ3v) is 8.29. The molecule has 2 aliphatic rings. The van der Waals surface area contributed by atoms with Gasteiger partial charge in [-0.1, -0.05) is 31.4 Å². The van der Waals surface area contributed by atoms with E-state index in [-0.39, 0.29) is 23.3 Å². The van der Waals surface area contributed by atoms with Crippen molar-refractivity contribution in [2.24, 2.45) is 5.92 Å². The quantitative estimate of drug-likeness (QED) is 0.581. The maximum atomic E-state index is 13.1. The second kappa shape index (κ2) is 11.3. The Balaban J connectivity index is 1.21.